The van der Waals surface area contributed by atoms with E-state index in [1.165, 1.54) is 22.4 Å². The van der Waals surface area contributed by atoms with Gasteiger partial charge in [-0.3, -0.25) is 4.79 Å². The summed E-state index contributed by atoms with van der Waals surface area (Å²) in [7, 11) is 0. The van der Waals surface area contributed by atoms with Gasteiger partial charge in [0.2, 0.25) is 0 Å². The molecule has 1 aromatic rings. The molecule has 1 N–H and O–H groups in total. The first-order chi connectivity index (χ1) is 12.3. The number of carbonyl (C=O) groups excluding carboxylic acids is 1. The zero-order valence-electron chi connectivity index (χ0n) is 16.2. The van der Waals surface area contributed by atoms with E-state index in [1.807, 2.05) is 6.08 Å². The van der Waals surface area contributed by atoms with E-state index >= 15 is 0 Å². The van der Waals surface area contributed by atoms with Crippen LogP contribution in [0.3, 0.4) is 0 Å². The Labute approximate surface area is 161 Å². The van der Waals surface area contributed by atoms with Crippen molar-refractivity contribution in [3.63, 3.8) is 0 Å². The third-order valence-electron chi connectivity index (χ3n) is 6.33. The van der Waals surface area contributed by atoms with Gasteiger partial charge in [-0.15, -0.1) is 0 Å². The van der Waals surface area contributed by atoms with E-state index < -0.39 is 0 Å². The highest BCUT2D eigenvalue weighted by atomic mass is 35.5. The fourth-order valence-electron chi connectivity index (χ4n) is 5.29. The lowest BCUT2D eigenvalue weighted by Gasteiger charge is -2.40. The van der Waals surface area contributed by atoms with Gasteiger partial charge in [0.05, 0.1) is 0 Å². The van der Waals surface area contributed by atoms with Crippen molar-refractivity contribution in [3.8, 4) is 0 Å². The molecule has 0 spiro atoms. The SMILES string of the molecule is Cc1cc(C2C=CC=C3C(=O)CCCC32)c(Cl)c2c1NC(C)(C)CC2C. The van der Waals surface area contributed by atoms with Crippen LogP contribution in [0.1, 0.15) is 75.0 Å². The molecular weight excluding hydrogens is 342 g/mol. The number of aryl methyl sites for hydroxylation is 1. The molecule has 1 fully saturated rings. The highest BCUT2D eigenvalue weighted by Crippen LogP contribution is 2.50. The predicted molar refractivity (Wildman–Crippen MR) is 109 cm³/mol. The molecule has 4 rings (SSSR count). The monoisotopic (exact) mass is 369 g/mol. The second-order valence-corrected chi connectivity index (χ2v) is 9.33. The van der Waals surface area contributed by atoms with Gasteiger partial charge >= 0.3 is 0 Å². The number of benzene rings is 1. The molecule has 3 heteroatoms. The van der Waals surface area contributed by atoms with Crippen molar-refractivity contribution < 1.29 is 4.79 Å². The summed E-state index contributed by atoms with van der Waals surface area (Å²) in [5.74, 6) is 1.22. The third-order valence-corrected chi connectivity index (χ3v) is 6.75. The van der Waals surface area contributed by atoms with Gasteiger partial charge in [-0.2, -0.15) is 0 Å². The highest BCUT2D eigenvalue weighted by molar-refractivity contribution is 6.33. The number of ketones is 1. The molecule has 3 unspecified atom stereocenters. The van der Waals surface area contributed by atoms with E-state index in [9.17, 15) is 4.79 Å². The summed E-state index contributed by atoms with van der Waals surface area (Å²) in [6.45, 7) is 8.96. The van der Waals surface area contributed by atoms with Gasteiger partial charge in [0.15, 0.2) is 5.78 Å². The number of nitrogens with one attached hydrogen (secondary N) is 1. The van der Waals surface area contributed by atoms with Crippen LogP contribution in [0.5, 0.6) is 0 Å². The van der Waals surface area contributed by atoms with Gasteiger partial charge in [-0.25, -0.2) is 0 Å². The lowest BCUT2D eigenvalue weighted by Crippen LogP contribution is -2.37. The molecule has 2 aliphatic carbocycles. The van der Waals surface area contributed by atoms with Crippen molar-refractivity contribution in [3.05, 3.63) is 51.6 Å². The summed E-state index contributed by atoms with van der Waals surface area (Å²) in [5, 5.41) is 4.60. The molecule has 138 valence electrons. The van der Waals surface area contributed by atoms with Crippen LogP contribution in [0, 0.1) is 12.8 Å². The number of fused-ring (bicyclic) bond motifs is 2. The molecule has 1 aromatic carbocycles. The normalized spacial score (nSPS) is 29.5. The number of carbonyl (C=O) groups is 1. The van der Waals surface area contributed by atoms with E-state index in [2.05, 4.69) is 51.2 Å². The highest BCUT2D eigenvalue weighted by Gasteiger charge is 2.37. The summed E-state index contributed by atoms with van der Waals surface area (Å²) in [6, 6.07) is 2.25. The Hall–Kier alpha value is -1.54. The number of hydrogen-bond acceptors (Lipinski definition) is 2. The molecule has 1 heterocycles. The third kappa shape index (κ3) is 2.83. The second-order valence-electron chi connectivity index (χ2n) is 8.95. The minimum absolute atomic E-state index is 0.0818. The molecule has 26 heavy (non-hydrogen) atoms. The van der Waals surface area contributed by atoms with Crippen LogP contribution in [-0.2, 0) is 4.79 Å². The van der Waals surface area contributed by atoms with E-state index in [1.54, 1.807) is 0 Å². The Morgan fingerprint density at radius 3 is 2.85 bits per heavy atom. The number of rotatable bonds is 1. The van der Waals surface area contributed by atoms with Crippen LogP contribution in [0.2, 0.25) is 5.02 Å². The Bertz CT molecular complexity index is 833. The predicted octanol–water partition coefficient (Wildman–Crippen LogP) is 6.30. The molecule has 0 amide bonds. The van der Waals surface area contributed by atoms with Gasteiger partial charge in [0, 0.05) is 28.6 Å². The molecule has 2 nitrogen and oxygen atoms in total. The fourth-order valence-corrected chi connectivity index (χ4v) is 5.75. The van der Waals surface area contributed by atoms with Crippen molar-refractivity contribution in [1.29, 1.82) is 0 Å². The maximum Gasteiger partial charge on any atom is 0.159 e. The van der Waals surface area contributed by atoms with Gasteiger partial charge < -0.3 is 5.32 Å². The molecule has 0 bridgehead atoms. The van der Waals surface area contributed by atoms with Crippen LogP contribution in [0.15, 0.2) is 29.9 Å². The van der Waals surface area contributed by atoms with E-state index in [4.69, 9.17) is 11.6 Å². The molecule has 3 atom stereocenters. The molecule has 1 aliphatic heterocycles. The number of allylic oxidation sites excluding steroid dienone is 4. The van der Waals surface area contributed by atoms with Crippen LogP contribution in [-0.4, -0.2) is 11.3 Å². The number of halogens is 1. The first kappa shape index (κ1) is 17.9. The molecule has 0 saturated heterocycles. The summed E-state index contributed by atoms with van der Waals surface area (Å²) >= 11 is 7.01. The second kappa shape index (κ2) is 6.27. The minimum atomic E-state index is 0.0818. The van der Waals surface area contributed by atoms with Gasteiger partial charge in [-0.1, -0.05) is 42.8 Å². The van der Waals surface area contributed by atoms with Crippen LogP contribution in [0.25, 0.3) is 0 Å². The summed E-state index contributed by atoms with van der Waals surface area (Å²) in [5.41, 5.74) is 6.00. The molecule has 0 aromatic heterocycles. The zero-order valence-corrected chi connectivity index (χ0v) is 16.9. The zero-order chi connectivity index (χ0) is 18.6. The van der Waals surface area contributed by atoms with Gasteiger partial charge in [-0.05, 0) is 74.1 Å². The summed E-state index contributed by atoms with van der Waals surface area (Å²) in [6.07, 6.45) is 10.1. The van der Waals surface area contributed by atoms with Gasteiger partial charge in [0.25, 0.3) is 0 Å². The minimum Gasteiger partial charge on any atom is -0.380 e. The van der Waals surface area contributed by atoms with Crippen molar-refractivity contribution in [2.24, 2.45) is 5.92 Å². The van der Waals surface area contributed by atoms with E-state index in [-0.39, 0.29) is 17.4 Å². The number of anilines is 1. The van der Waals surface area contributed by atoms with E-state index in [0.29, 0.717) is 18.1 Å². The van der Waals surface area contributed by atoms with Crippen LogP contribution in [0.4, 0.5) is 5.69 Å². The Morgan fingerprint density at radius 2 is 2.08 bits per heavy atom. The average Bonchev–Trinajstić information content (AvgIpc) is 2.57. The average molecular weight is 370 g/mol. The van der Waals surface area contributed by atoms with E-state index in [0.717, 1.165) is 29.9 Å². The summed E-state index contributed by atoms with van der Waals surface area (Å²) < 4.78 is 0. The first-order valence-electron chi connectivity index (χ1n) is 9.81. The van der Waals surface area contributed by atoms with Crippen molar-refractivity contribution in [2.75, 3.05) is 5.32 Å². The number of Topliss-reactive ketones (excluding diaryl/α,β-unsaturated/α-hetero) is 1. The quantitative estimate of drug-likeness (QED) is 0.629. The molecule has 0 radical (unpaired) electrons. The van der Waals surface area contributed by atoms with Crippen LogP contribution >= 0.6 is 11.6 Å². The topological polar surface area (TPSA) is 29.1 Å². The Kier molecular flexibility index (Phi) is 4.30. The maximum absolute atomic E-state index is 12.4. The van der Waals surface area contributed by atoms with Gasteiger partial charge in [0.1, 0.15) is 0 Å². The Morgan fingerprint density at radius 1 is 1.31 bits per heavy atom. The van der Waals surface area contributed by atoms with Crippen LogP contribution < -0.4 is 5.32 Å². The lowest BCUT2D eigenvalue weighted by molar-refractivity contribution is -0.117. The van der Waals surface area contributed by atoms with Crippen molar-refractivity contribution in [1.82, 2.24) is 0 Å². The first-order valence-corrected chi connectivity index (χ1v) is 10.2. The molecular formula is C23H28ClNO. The molecule has 1 saturated carbocycles. The largest absolute Gasteiger partial charge is 0.380 e. The summed E-state index contributed by atoms with van der Waals surface area (Å²) in [4.78, 5) is 12.4. The lowest BCUT2D eigenvalue weighted by atomic mass is 9.70. The fraction of sp³-hybridized carbons (Fsp3) is 0.522. The number of hydrogen-bond donors (Lipinski definition) is 1. The standard InChI is InChI=1S/C23H28ClNO/c1-13-11-18(16-7-5-9-17-15(16)8-6-10-19(17)26)21(24)20-14(2)12-23(3,4)25-22(13)20/h5,7,9,11,14-16,25H,6,8,10,12H2,1-4H3. The smallest absolute Gasteiger partial charge is 0.159 e. The maximum atomic E-state index is 12.4. The van der Waals surface area contributed by atoms with Crippen molar-refractivity contribution in [2.45, 2.75) is 70.8 Å². The Balaban J connectivity index is 1.81. The van der Waals surface area contributed by atoms with Crippen molar-refractivity contribution >= 4 is 23.1 Å². The molecule has 3 aliphatic rings.